The fraction of sp³-hybridized carbons (Fsp3) is 0.211. The summed E-state index contributed by atoms with van der Waals surface area (Å²) in [6, 6.07) is 6.72. The van der Waals surface area contributed by atoms with Crippen molar-refractivity contribution in [3.63, 3.8) is 0 Å². The molecular formula is C19H12BrF7N4O. The number of aryl methyl sites for hydroxylation is 1. The second-order valence-electron chi connectivity index (χ2n) is 6.65. The molecule has 32 heavy (non-hydrogen) atoms. The lowest BCUT2D eigenvalue weighted by atomic mass is 9.92. The summed E-state index contributed by atoms with van der Waals surface area (Å²) in [6.07, 6.45) is -9.74. The van der Waals surface area contributed by atoms with Gasteiger partial charge in [-0.2, -0.15) is 31.4 Å². The molecule has 0 aliphatic carbocycles. The average Bonchev–Trinajstić information content (AvgIpc) is 3.23. The van der Waals surface area contributed by atoms with Crippen molar-refractivity contribution in [2.75, 3.05) is 5.32 Å². The number of nitrogens with one attached hydrogen (secondary N) is 1. The largest absolute Gasteiger partial charge is 0.435 e. The Morgan fingerprint density at radius 3 is 2.06 bits per heavy atom. The fourth-order valence-electron chi connectivity index (χ4n) is 2.88. The number of benzene rings is 2. The van der Waals surface area contributed by atoms with Gasteiger partial charge in [0.25, 0.3) is 5.91 Å². The first-order valence-electron chi connectivity index (χ1n) is 8.65. The van der Waals surface area contributed by atoms with E-state index >= 15 is 0 Å². The van der Waals surface area contributed by atoms with Gasteiger partial charge in [0.05, 0.1) is 11.4 Å². The number of amides is 1. The van der Waals surface area contributed by atoms with Crippen molar-refractivity contribution in [1.29, 1.82) is 0 Å². The van der Waals surface area contributed by atoms with Crippen LogP contribution in [-0.2, 0) is 5.67 Å². The fourth-order valence-corrected chi connectivity index (χ4v) is 3.54. The third-order valence-corrected chi connectivity index (χ3v) is 5.14. The molecule has 0 atom stereocenters. The van der Waals surface area contributed by atoms with E-state index in [2.05, 4.69) is 31.3 Å². The third kappa shape index (κ3) is 4.20. The molecule has 1 aromatic heterocycles. The number of anilines is 1. The van der Waals surface area contributed by atoms with Gasteiger partial charge in [0, 0.05) is 15.6 Å². The van der Waals surface area contributed by atoms with Crippen LogP contribution in [0.25, 0.3) is 5.69 Å². The van der Waals surface area contributed by atoms with E-state index in [1.54, 1.807) is 12.1 Å². The molecule has 1 amide bonds. The van der Waals surface area contributed by atoms with Crippen LogP contribution in [0.1, 0.15) is 21.5 Å². The second-order valence-corrected chi connectivity index (χ2v) is 7.50. The number of carbonyl (C=O) groups excluding carboxylic acids is 1. The summed E-state index contributed by atoms with van der Waals surface area (Å²) in [7, 11) is 0. The molecule has 0 spiro atoms. The van der Waals surface area contributed by atoms with Crippen molar-refractivity contribution in [2.45, 2.75) is 24.9 Å². The van der Waals surface area contributed by atoms with Gasteiger partial charge in [-0.15, -0.1) is 0 Å². The van der Waals surface area contributed by atoms with Crippen molar-refractivity contribution in [3.8, 4) is 5.69 Å². The van der Waals surface area contributed by atoms with Crippen molar-refractivity contribution < 1.29 is 35.5 Å². The number of carbonyl (C=O) groups is 1. The Kier molecular flexibility index (Phi) is 6.06. The maximum Gasteiger partial charge on any atom is 0.435 e. The van der Waals surface area contributed by atoms with Gasteiger partial charge in [-0.3, -0.25) is 4.79 Å². The summed E-state index contributed by atoms with van der Waals surface area (Å²) < 4.78 is 93.6. The monoisotopic (exact) mass is 524 g/mol. The van der Waals surface area contributed by atoms with Crippen molar-refractivity contribution in [2.24, 2.45) is 0 Å². The lowest BCUT2D eigenvalue weighted by Gasteiger charge is -2.31. The standard InChI is InChI=1S/C19H12BrF7N4O/c1-10-6-12(17(21,18(22,23)24)19(25,26)27)7-14(20)15(10)30-16(32)11-2-4-13(5-3-11)31-9-28-8-29-31/h2-9H,1H3,(H,30,32). The zero-order valence-corrected chi connectivity index (χ0v) is 17.5. The first-order chi connectivity index (χ1) is 14.8. The maximum absolute atomic E-state index is 14.3. The van der Waals surface area contributed by atoms with Gasteiger partial charge in [-0.1, -0.05) is 6.07 Å². The van der Waals surface area contributed by atoms with E-state index in [4.69, 9.17) is 0 Å². The average molecular weight is 525 g/mol. The van der Waals surface area contributed by atoms with E-state index < -0.39 is 29.5 Å². The minimum absolute atomic E-state index is 0.106. The molecule has 0 fully saturated rings. The topological polar surface area (TPSA) is 59.8 Å². The van der Waals surface area contributed by atoms with Crippen LogP contribution >= 0.6 is 15.9 Å². The highest BCUT2D eigenvalue weighted by Gasteiger charge is 2.73. The molecule has 0 saturated heterocycles. The van der Waals surface area contributed by atoms with Gasteiger partial charge >= 0.3 is 18.0 Å². The number of rotatable bonds is 4. The number of halogens is 8. The van der Waals surface area contributed by atoms with Crippen LogP contribution in [0.3, 0.4) is 0 Å². The molecule has 0 bridgehead atoms. The van der Waals surface area contributed by atoms with E-state index in [-0.39, 0.29) is 21.3 Å². The van der Waals surface area contributed by atoms with Gasteiger partial charge in [0.1, 0.15) is 12.7 Å². The Morgan fingerprint density at radius 1 is 1.00 bits per heavy atom. The Balaban J connectivity index is 1.91. The highest BCUT2D eigenvalue weighted by Crippen LogP contribution is 2.54. The molecule has 1 N–H and O–H groups in total. The summed E-state index contributed by atoms with van der Waals surface area (Å²) in [6.45, 7) is 1.14. The lowest BCUT2D eigenvalue weighted by Crippen LogP contribution is -2.50. The summed E-state index contributed by atoms with van der Waals surface area (Å²) in [5.41, 5.74) is -6.80. The molecule has 3 aromatic rings. The van der Waals surface area contributed by atoms with E-state index in [1.165, 1.54) is 29.5 Å². The molecule has 0 aliphatic heterocycles. The Labute approximate surface area is 184 Å². The van der Waals surface area contributed by atoms with Gasteiger partial charge < -0.3 is 5.32 Å². The van der Waals surface area contributed by atoms with Crippen molar-refractivity contribution >= 4 is 27.5 Å². The molecule has 3 rings (SSSR count). The highest BCUT2D eigenvalue weighted by molar-refractivity contribution is 9.10. The van der Waals surface area contributed by atoms with E-state index in [0.717, 1.165) is 6.92 Å². The number of hydrogen-bond donors (Lipinski definition) is 1. The predicted octanol–water partition coefficient (Wildman–Crippen LogP) is 5.88. The molecule has 13 heteroatoms. The quantitative estimate of drug-likeness (QED) is 0.433. The van der Waals surface area contributed by atoms with E-state index in [0.29, 0.717) is 17.8 Å². The number of alkyl halides is 7. The smallest absolute Gasteiger partial charge is 0.321 e. The minimum Gasteiger partial charge on any atom is -0.321 e. The molecule has 0 saturated carbocycles. The van der Waals surface area contributed by atoms with Crippen LogP contribution in [-0.4, -0.2) is 33.0 Å². The molecule has 1 heterocycles. The molecule has 0 aliphatic rings. The molecule has 5 nitrogen and oxygen atoms in total. The van der Waals surface area contributed by atoms with Gasteiger partial charge in [-0.25, -0.2) is 14.1 Å². The van der Waals surface area contributed by atoms with Crippen LogP contribution in [0.15, 0.2) is 53.5 Å². The van der Waals surface area contributed by atoms with Crippen LogP contribution in [0.5, 0.6) is 0 Å². The van der Waals surface area contributed by atoms with Gasteiger partial charge in [0.2, 0.25) is 0 Å². The summed E-state index contributed by atoms with van der Waals surface area (Å²) >= 11 is 2.83. The van der Waals surface area contributed by atoms with Crippen LogP contribution in [0.4, 0.5) is 36.4 Å². The Bertz CT molecular complexity index is 1090. The zero-order chi connectivity index (χ0) is 23.9. The van der Waals surface area contributed by atoms with Gasteiger partial charge in [-0.05, 0) is 58.7 Å². The third-order valence-electron chi connectivity index (χ3n) is 4.52. The number of hydrogen-bond acceptors (Lipinski definition) is 3. The highest BCUT2D eigenvalue weighted by atomic mass is 79.9. The number of nitrogens with zero attached hydrogens (tertiary/aromatic N) is 3. The molecule has 2 aromatic carbocycles. The number of aromatic nitrogens is 3. The first kappa shape index (κ1) is 23.7. The predicted molar refractivity (Wildman–Crippen MR) is 103 cm³/mol. The summed E-state index contributed by atoms with van der Waals surface area (Å²) in [5, 5.41) is 6.32. The maximum atomic E-state index is 14.3. The molecular weight excluding hydrogens is 513 g/mol. The molecule has 0 radical (unpaired) electrons. The van der Waals surface area contributed by atoms with Crippen molar-refractivity contribution in [3.05, 3.63) is 70.2 Å². The minimum atomic E-state index is -6.24. The van der Waals surface area contributed by atoms with E-state index in [9.17, 15) is 35.5 Å². The van der Waals surface area contributed by atoms with E-state index in [1.807, 2.05) is 0 Å². The lowest BCUT2D eigenvalue weighted by molar-refractivity contribution is -0.348. The zero-order valence-electron chi connectivity index (χ0n) is 15.9. The summed E-state index contributed by atoms with van der Waals surface area (Å²) in [4.78, 5) is 16.3. The van der Waals surface area contributed by atoms with Crippen LogP contribution < -0.4 is 5.32 Å². The second kappa shape index (κ2) is 8.19. The Morgan fingerprint density at radius 2 is 1.59 bits per heavy atom. The SMILES string of the molecule is Cc1cc(C(F)(C(F)(F)F)C(F)(F)F)cc(Br)c1NC(=O)c1ccc(-n2cncn2)cc1. The first-order valence-corrected chi connectivity index (χ1v) is 9.44. The summed E-state index contributed by atoms with van der Waals surface area (Å²) in [5.74, 6) is -0.690. The van der Waals surface area contributed by atoms with Crippen LogP contribution in [0.2, 0.25) is 0 Å². The van der Waals surface area contributed by atoms with Gasteiger partial charge in [0.15, 0.2) is 0 Å². The normalized spacial score (nSPS) is 12.7. The molecule has 0 unspecified atom stereocenters. The van der Waals surface area contributed by atoms with Crippen molar-refractivity contribution in [1.82, 2.24) is 14.8 Å². The van der Waals surface area contributed by atoms with Crippen LogP contribution in [0, 0.1) is 6.92 Å². The molecule has 170 valence electrons. The Hall–Kier alpha value is -2.96.